The number of pyridine rings is 1. The Kier molecular flexibility index (Phi) is 2.40. The number of hydrogen-bond donors (Lipinski definition) is 2. The molecule has 0 spiro atoms. The SMILES string of the molecule is CNc1c(N)cnc2c(C)c(Cl)ccc12. The molecule has 0 bridgehead atoms. The summed E-state index contributed by atoms with van der Waals surface area (Å²) in [6.45, 7) is 1.95. The zero-order valence-corrected chi connectivity index (χ0v) is 9.39. The van der Waals surface area contributed by atoms with Crippen LogP contribution in [0.25, 0.3) is 10.9 Å². The molecule has 4 heteroatoms. The van der Waals surface area contributed by atoms with Crippen LogP contribution in [-0.4, -0.2) is 12.0 Å². The predicted octanol–water partition coefficient (Wildman–Crippen LogP) is 2.82. The monoisotopic (exact) mass is 221 g/mol. The number of hydrogen-bond acceptors (Lipinski definition) is 3. The summed E-state index contributed by atoms with van der Waals surface area (Å²) in [5, 5.41) is 4.80. The molecule has 1 aromatic heterocycles. The summed E-state index contributed by atoms with van der Waals surface area (Å²) in [6, 6.07) is 3.79. The molecule has 0 fully saturated rings. The highest BCUT2D eigenvalue weighted by Gasteiger charge is 2.08. The van der Waals surface area contributed by atoms with Crippen molar-refractivity contribution in [2.24, 2.45) is 0 Å². The lowest BCUT2D eigenvalue weighted by Gasteiger charge is -2.10. The third-order valence-corrected chi connectivity index (χ3v) is 2.92. The van der Waals surface area contributed by atoms with E-state index in [0.717, 1.165) is 27.2 Å². The number of rotatable bonds is 1. The molecule has 0 atom stereocenters. The molecule has 0 saturated carbocycles. The molecule has 78 valence electrons. The lowest BCUT2D eigenvalue weighted by atomic mass is 10.1. The van der Waals surface area contributed by atoms with Gasteiger partial charge in [-0.3, -0.25) is 4.98 Å². The molecule has 1 heterocycles. The number of anilines is 2. The first-order chi connectivity index (χ1) is 7.15. The summed E-state index contributed by atoms with van der Waals surface area (Å²) < 4.78 is 0. The van der Waals surface area contributed by atoms with Crippen molar-refractivity contribution < 1.29 is 0 Å². The Labute approximate surface area is 93.3 Å². The topological polar surface area (TPSA) is 50.9 Å². The summed E-state index contributed by atoms with van der Waals surface area (Å²) in [5.41, 5.74) is 9.24. The molecular formula is C11H12ClN3. The fourth-order valence-corrected chi connectivity index (χ4v) is 1.83. The quantitative estimate of drug-likeness (QED) is 0.779. The van der Waals surface area contributed by atoms with Crippen molar-refractivity contribution in [2.75, 3.05) is 18.1 Å². The number of benzene rings is 1. The van der Waals surface area contributed by atoms with Gasteiger partial charge in [-0.25, -0.2) is 0 Å². The van der Waals surface area contributed by atoms with Gasteiger partial charge in [0.1, 0.15) is 0 Å². The van der Waals surface area contributed by atoms with E-state index >= 15 is 0 Å². The normalized spacial score (nSPS) is 10.6. The smallest absolute Gasteiger partial charge is 0.0768 e. The van der Waals surface area contributed by atoms with Crippen LogP contribution in [0.1, 0.15) is 5.56 Å². The van der Waals surface area contributed by atoms with Gasteiger partial charge in [-0.1, -0.05) is 11.6 Å². The summed E-state index contributed by atoms with van der Waals surface area (Å²) in [6.07, 6.45) is 1.65. The number of halogens is 1. The van der Waals surface area contributed by atoms with E-state index in [9.17, 15) is 0 Å². The number of aryl methyl sites for hydroxylation is 1. The Balaban J connectivity index is 2.89. The number of fused-ring (bicyclic) bond motifs is 1. The van der Waals surface area contributed by atoms with Crippen molar-refractivity contribution in [3.05, 3.63) is 28.9 Å². The van der Waals surface area contributed by atoms with Gasteiger partial charge in [0.25, 0.3) is 0 Å². The van der Waals surface area contributed by atoms with Crippen molar-refractivity contribution in [1.82, 2.24) is 4.98 Å². The van der Waals surface area contributed by atoms with E-state index in [1.54, 1.807) is 6.20 Å². The third-order valence-electron chi connectivity index (χ3n) is 2.51. The van der Waals surface area contributed by atoms with E-state index in [1.807, 2.05) is 26.1 Å². The average Bonchev–Trinajstić information content (AvgIpc) is 2.23. The number of nitrogens with zero attached hydrogens (tertiary/aromatic N) is 1. The van der Waals surface area contributed by atoms with E-state index in [2.05, 4.69) is 10.3 Å². The number of nitrogens with two attached hydrogens (primary N) is 1. The Morgan fingerprint density at radius 1 is 1.40 bits per heavy atom. The van der Waals surface area contributed by atoms with Gasteiger partial charge in [-0.2, -0.15) is 0 Å². The maximum atomic E-state index is 6.03. The van der Waals surface area contributed by atoms with Crippen LogP contribution in [0.15, 0.2) is 18.3 Å². The maximum Gasteiger partial charge on any atom is 0.0768 e. The summed E-state index contributed by atoms with van der Waals surface area (Å²) >= 11 is 6.03. The molecular weight excluding hydrogens is 210 g/mol. The minimum absolute atomic E-state index is 0.645. The van der Waals surface area contributed by atoms with E-state index < -0.39 is 0 Å². The van der Waals surface area contributed by atoms with Crippen molar-refractivity contribution in [1.29, 1.82) is 0 Å². The van der Waals surface area contributed by atoms with Gasteiger partial charge in [0.2, 0.25) is 0 Å². The molecule has 3 N–H and O–H groups in total. The molecule has 2 aromatic rings. The van der Waals surface area contributed by atoms with Gasteiger partial charge in [0, 0.05) is 17.5 Å². The van der Waals surface area contributed by atoms with Crippen LogP contribution in [0.5, 0.6) is 0 Å². The molecule has 0 unspecified atom stereocenters. The zero-order chi connectivity index (χ0) is 11.0. The predicted molar refractivity (Wildman–Crippen MR) is 65.4 cm³/mol. The second-order valence-electron chi connectivity index (χ2n) is 3.41. The minimum Gasteiger partial charge on any atom is -0.396 e. The maximum absolute atomic E-state index is 6.03. The Hall–Kier alpha value is -1.48. The second-order valence-corrected chi connectivity index (χ2v) is 3.81. The highest BCUT2D eigenvalue weighted by Crippen LogP contribution is 2.31. The van der Waals surface area contributed by atoms with Crippen LogP contribution in [0.2, 0.25) is 5.02 Å². The van der Waals surface area contributed by atoms with E-state index in [1.165, 1.54) is 0 Å². The molecule has 0 aliphatic carbocycles. The molecule has 0 aliphatic heterocycles. The highest BCUT2D eigenvalue weighted by atomic mass is 35.5. The average molecular weight is 222 g/mol. The van der Waals surface area contributed by atoms with Crippen molar-refractivity contribution in [3.63, 3.8) is 0 Å². The summed E-state index contributed by atoms with van der Waals surface area (Å²) in [5.74, 6) is 0. The number of nitrogen functional groups attached to an aromatic ring is 1. The number of aromatic nitrogens is 1. The summed E-state index contributed by atoms with van der Waals surface area (Å²) in [7, 11) is 1.84. The van der Waals surface area contributed by atoms with Gasteiger partial charge >= 0.3 is 0 Å². The largest absolute Gasteiger partial charge is 0.396 e. The lowest BCUT2D eigenvalue weighted by Crippen LogP contribution is -1.99. The molecule has 1 aromatic carbocycles. The zero-order valence-electron chi connectivity index (χ0n) is 8.63. The number of nitrogens with one attached hydrogen (secondary N) is 1. The Morgan fingerprint density at radius 2 is 2.13 bits per heavy atom. The molecule has 15 heavy (non-hydrogen) atoms. The van der Waals surface area contributed by atoms with Crippen LogP contribution < -0.4 is 11.1 Å². The molecule has 0 radical (unpaired) electrons. The summed E-state index contributed by atoms with van der Waals surface area (Å²) in [4.78, 5) is 4.30. The van der Waals surface area contributed by atoms with Gasteiger partial charge in [-0.15, -0.1) is 0 Å². The van der Waals surface area contributed by atoms with Crippen LogP contribution >= 0.6 is 11.6 Å². The van der Waals surface area contributed by atoms with E-state index in [0.29, 0.717) is 5.69 Å². The third kappa shape index (κ3) is 1.49. The van der Waals surface area contributed by atoms with Crippen molar-refractivity contribution in [2.45, 2.75) is 6.92 Å². The fourth-order valence-electron chi connectivity index (χ4n) is 1.68. The van der Waals surface area contributed by atoms with Crippen LogP contribution in [0.3, 0.4) is 0 Å². The van der Waals surface area contributed by atoms with E-state index in [-0.39, 0.29) is 0 Å². The van der Waals surface area contributed by atoms with Crippen LogP contribution in [-0.2, 0) is 0 Å². The van der Waals surface area contributed by atoms with E-state index in [4.69, 9.17) is 17.3 Å². The fraction of sp³-hybridized carbons (Fsp3) is 0.182. The van der Waals surface area contributed by atoms with Gasteiger partial charge in [0.05, 0.1) is 23.1 Å². The van der Waals surface area contributed by atoms with Crippen LogP contribution in [0, 0.1) is 6.92 Å². The van der Waals surface area contributed by atoms with Gasteiger partial charge in [0.15, 0.2) is 0 Å². The van der Waals surface area contributed by atoms with Crippen LogP contribution in [0.4, 0.5) is 11.4 Å². The second kappa shape index (κ2) is 3.59. The Bertz CT molecular complexity index is 523. The van der Waals surface area contributed by atoms with Gasteiger partial charge in [-0.05, 0) is 24.6 Å². The lowest BCUT2D eigenvalue weighted by molar-refractivity contribution is 1.36. The van der Waals surface area contributed by atoms with Gasteiger partial charge < -0.3 is 11.1 Å². The molecule has 0 aliphatic rings. The standard InChI is InChI=1S/C11H12ClN3/c1-6-8(12)4-3-7-10(6)15-5-9(13)11(7)14-2/h3-5H,13H2,1-2H3,(H,14,15). The molecule has 0 saturated heterocycles. The minimum atomic E-state index is 0.645. The van der Waals surface area contributed by atoms with Crippen molar-refractivity contribution in [3.8, 4) is 0 Å². The molecule has 2 rings (SSSR count). The molecule has 3 nitrogen and oxygen atoms in total. The molecule has 0 amide bonds. The first-order valence-corrected chi connectivity index (χ1v) is 5.04. The highest BCUT2D eigenvalue weighted by molar-refractivity contribution is 6.32. The first kappa shape index (κ1) is 10.1. The van der Waals surface area contributed by atoms with Crippen molar-refractivity contribution >= 4 is 33.9 Å². The first-order valence-electron chi connectivity index (χ1n) is 4.66. The Morgan fingerprint density at radius 3 is 2.80 bits per heavy atom.